The van der Waals surface area contributed by atoms with Gasteiger partial charge in [0.25, 0.3) is 0 Å². The average molecular weight is 248 g/mol. The average Bonchev–Trinajstić information content (AvgIpc) is 3.01. The fourth-order valence-electron chi connectivity index (χ4n) is 1.83. The molecule has 2 saturated heterocycles. The Kier molecular flexibility index (Phi) is 3.02. The van der Waals surface area contributed by atoms with Gasteiger partial charge in [0.15, 0.2) is 0 Å². The van der Waals surface area contributed by atoms with Crippen molar-refractivity contribution in [2.45, 2.75) is 45.7 Å². The first-order valence-corrected chi connectivity index (χ1v) is 8.34. The molecule has 4 unspecified atom stereocenters. The first kappa shape index (κ1) is 12.0. The molecule has 2 heterocycles. The summed E-state index contributed by atoms with van der Waals surface area (Å²) >= 11 is 5.81. The van der Waals surface area contributed by atoms with Crippen LogP contribution in [-0.2, 0) is 16.3 Å². The standard InChI is InChI=1S/C10H21N2OPS/c1-5-6-13-14(15,11-7-9(11)2)12-8-10(12,3)4/h9H,5-8H2,1-4H3. The van der Waals surface area contributed by atoms with Crippen molar-refractivity contribution < 1.29 is 4.52 Å². The maximum absolute atomic E-state index is 6.01. The number of nitrogens with zero attached hydrogens (tertiary/aromatic N) is 2. The van der Waals surface area contributed by atoms with Crippen LogP contribution in [-0.4, -0.2) is 40.6 Å². The monoisotopic (exact) mass is 248 g/mol. The SMILES string of the molecule is CCCOP(=S)(N1CC1C)N1CC1(C)C. The summed E-state index contributed by atoms with van der Waals surface area (Å²) < 4.78 is 10.8. The largest absolute Gasteiger partial charge is 0.327 e. The first-order chi connectivity index (χ1) is 6.92. The second-order valence-electron chi connectivity index (χ2n) is 5.16. The van der Waals surface area contributed by atoms with Gasteiger partial charge in [0.05, 0.1) is 6.61 Å². The minimum absolute atomic E-state index is 0.269. The van der Waals surface area contributed by atoms with Crippen molar-refractivity contribution in [2.24, 2.45) is 0 Å². The Morgan fingerprint density at radius 2 is 2.07 bits per heavy atom. The van der Waals surface area contributed by atoms with Gasteiger partial charge in [-0.05, 0) is 39.0 Å². The van der Waals surface area contributed by atoms with Gasteiger partial charge in [0.2, 0.25) is 6.57 Å². The molecule has 5 heteroatoms. The Morgan fingerprint density at radius 3 is 2.40 bits per heavy atom. The van der Waals surface area contributed by atoms with E-state index in [1.165, 1.54) is 0 Å². The van der Waals surface area contributed by atoms with Crippen LogP contribution in [0.5, 0.6) is 0 Å². The molecule has 0 aromatic carbocycles. The molecule has 0 aliphatic carbocycles. The molecule has 15 heavy (non-hydrogen) atoms. The van der Waals surface area contributed by atoms with Crippen molar-refractivity contribution in [2.75, 3.05) is 19.7 Å². The van der Waals surface area contributed by atoms with Gasteiger partial charge in [-0.15, -0.1) is 0 Å². The van der Waals surface area contributed by atoms with E-state index in [1.54, 1.807) is 0 Å². The minimum Gasteiger partial charge on any atom is -0.327 e. The lowest BCUT2D eigenvalue weighted by molar-refractivity contribution is 0.311. The predicted octanol–water partition coefficient (Wildman–Crippen LogP) is 2.44. The normalized spacial score (nSPS) is 40.9. The van der Waals surface area contributed by atoms with Crippen LogP contribution in [0.4, 0.5) is 0 Å². The van der Waals surface area contributed by atoms with E-state index in [4.69, 9.17) is 16.3 Å². The van der Waals surface area contributed by atoms with Gasteiger partial charge in [-0.2, -0.15) is 0 Å². The maximum Gasteiger partial charge on any atom is 0.204 e. The molecule has 3 nitrogen and oxygen atoms in total. The molecule has 0 bridgehead atoms. The molecular formula is C10H21N2OPS. The molecule has 0 radical (unpaired) electrons. The lowest BCUT2D eigenvalue weighted by atomic mass is 10.3. The highest BCUT2D eigenvalue weighted by Crippen LogP contribution is 2.68. The molecule has 2 fully saturated rings. The Labute approximate surface area is 98.0 Å². The Hall–Kier alpha value is 0.530. The highest BCUT2D eigenvalue weighted by Gasteiger charge is 2.58. The van der Waals surface area contributed by atoms with E-state index < -0.39 is 6.57 Å². The molecule has 88 valence electrons. The van der Waals surface area contributed by atoms with Crippen molar-refractivity contribution in [3.8, 4) is 0 Å². The van der Waals surface area contributed by atoms with E-state index >= 15 is 0 Å². The summed E-state index contributed by atoms with van der Waals surface area (Å²) in [7, 11) is 0. The summed E-state index contributed by atoms with van der Waals surface area (Å²) in [6, 6.07) is 0.629. The van der Waals surface area contributed by atoms with Crippen LogP contribution in [0.25, 0.3) is 0 Å². The van der Waals surface area contributed by atoms with Crippen LogP contribution in [0.15, 0.2) is 0 Å². The summed E-state index contributed by atoms with van der Waals surface area (Å²) in [5, 5.41) is 0. The molecule has 2 aliphatic rings. The first-order valence-electron chi connectivity index (χ1n) is 5.71. The van der Waals surface area contributed by atoms with E-state index in [0.29, 0.717) is 6.04 Å². The molecule has 2 aliphatic heterocycles. The quantitative estimate of drug-likeness (QED) is 0.548. The molecule has 0 amide bonds. The minimum atomic E-state index is -1.84. The molecule has 0 saturated carbocycles. The topological polar surface area (TPSA) is 15.2 Å². The lowest BCUT2D eigenvalue weighted by Crippen LogP contribution is -2.15. The number of rotatable bonds is 5. The zero-order valence-electron chi connectivity index (χ0n) is 10.1. The predicted molar refractivity (Wildman–Crippen MR) is 67.5 cm³/mol. The Balaban J connectivity index is 2.07. The molecule has 0 aromatic heterocycles. The molecule has 0 spiro atoms. The van der Waals surface area contributed by atoms with Crippen LogP contribution in [0, 0.1) is 0 Å². The summed E-state index contributed by atoms with van der Waals surface area (Å²) in [6.07, 6.45) is 1.05. The summed E-state index contributed by atoms with van der Waals surface area (Å²) in [4.78, 5) is 0. The highest BCUT2D eigenvalue weighted by atomic mass is 32.5. The second kappa shape index (κ2) is 3.78. The smallest absolute Gasteiger partial charge is 0.204 e. The van der Waals surface area contributed by atoms with Gasteiger partial charge >= 0.3 is 0 Å². The van der Waals surface area contributed by atoms with Crippen LogP contribution in [0.2, 0.25) is 0 Å². The molecule has 0 aromatic rings. The maximum atomic E-state index is 6.01. The van der Waals surface area contributed by atoms with Gasteiger partial charge in [0, 0.05) is 24.7 Å². The van der Waals surface area contributed by atoms with Crippen LogP contribution in [0.3, 0.4) is 0 Å². The summed E-state index contributed by atoms with van der Waals surface area (Å²) in [5.41, 5.74) is 0.269. The number of hydrogen-bond donors (Lipinski definition) is 0. The van der Waals surface area contributed by atoms with Crippen molar-refractivity contribution in [1.29, 1.82) is 0 Å². The van der Waals surface area contributed by atoms with Crippen molar-refractivity contribution in [3.05, 3.63) is 0 Å². The fraction of sp³-hybridized carbons (Fsp3) is 1.00. The lowest BCUT2D eigenvalue weighted by Gasteiger charge is -2.27. The van der Waals surface area contributed by atoms with Crippen LogP contribution < -0.4 is 0 Å². The third-order valence-corrected chi connectivity index (χ3v) is 7.61. The second-order valence-corrected chi connectivity index (χ2v) is 8.83. The van der Waals surface area contributed by atoms with Crippen LogP contribution in [0.1, 0.15) is 34.1 Å². The van der Waals surface area contributed by atoms with Crippen molar-refractivity contribution in [3.63, 3.8) is 0 Å². The van der Waals surface area contributed by atoms with Crippen molar-refractivity contribution >= 4 is 18.4 Å². The van der Waals surface area contributed by atoms with Gasteiger partial charge in [-0.3, -0.25) is 0 Å². The Bertz CT molecular complexity index is 308. The molecular weight excluding hydrogens is 227 g/mol. The van der Waals surface area contributed by atoms with Gasteiger partial charge in [-0.25, -0.2) is 9.34 Å². The highest BCUT2D eigenvalue weighted by molar-refractivity contribution is 8.10. The molecule has 4 atom stereocenters. The third-order valence-electron chi connectivity index (χ3n) is 3.05. The van der Waals surface area contributed by atoms with E-state index in [2.05, 4.69) is 37.0 Å². The summed E-state index contributed by atoms with van der Waals surface area (Å²) in [6.45, 7) is 10.0. The van der Waals surface area contributed by atoms with Crippen molar-refractivity contribution in [1.82, 2.24) is 9.34 Å². The van der Waals surface area contributed by atoms with E-state index in [0.717, 1.165) is 26.1 Å². The van der Waals surface area contributed by atoms with Gasteiger partial charge in [-0.1, -0.05) is 6.92 Å². The van der Waals surface area contributed by atoms with Crippen LogP contribution >= 0.6 is 6.57 Å². The van der Waals surface area contributed by atoms with E-state index in [-0.39, 0.29) is 5.54 Å². The van der Waals surface area contributed by atoms with Gasteiger partial charge in [0.1, 0.15) is 0 Å². The van der Waals surface area contributed by atoms with Gasteiger partial charge < -0.3 is 4.52 Å². The number of hydrogen-bond acceptors (Lipinski definition) is 2. The van der Waals surface area contributed by atoms with E-state index in [9.17, 15) is 0 Å². The molecule has 2 rings (SSSR count). The Morgan fingerprint density at radius 1 is 1.53 bits per heavy atom. The molecule has 0 N–H and O–H groups in total. The summed E-state index contributed by atoms with van der Waals surface area (Å²) in [5.74, 6) is 0. The zero-order valence-corrected chi connectivity index (χ0v) is 11.8. The van der Waals surface area contributed by atoms with E-state index in [1.807, 2.05) is 0 Å². The fourth-order valence-corrected chi connectivity index (χ4v) is 6.71. The zero-order chi connectivity index (χ0) is 11.3. The third kappa shape index (κ3) is 2.16.